The Morgan fingerprint density at radius 3 is 2.31 bits per heavy atom. The largest absolute Gasteiger partial charge is 0.370 e. The zero-order chi connectivity index (χ0) is 22.5. The molecule has 4 rings (SSSR count). The molecule has 2 aliphatic rings. The number of hydrogen-bond donors (Lipinski definition) is 0. The molecule has 32 heavy (non-hydrogen) atoms. The Hall–Kier alpha value is -3.33. The van der Waals surface area contributed by atoms with Crippen LogP contribution in [0.15, 0.2) is 48.5 Å². The number of carbonyl (C=O) groups excluding carboxylic acids is 2. The fourth-order valence-corrected chi connectivity index (χ4v) is 4.64. The molecule has 2 heterocycles. The van der Waals surface area contributed by atoms with Gasteiger partial charge in [0.15, 0.2) is 0 Å². The molecule has 1 unspecified atom stereocenters. The maximum atomic E-state index is 13.3. The minimum Gasteiger partial charge on any atom is -0.370 e. The third kappa shape index (κ3) is 4.94. The summed E-state index contributed by atoms with van der Waals surface area (Å²) in [5.74, 6) is 0.0676. The average molecular weight is 431 g/mol. The third-order valence-electron chi connectivity index (χ3n) is 6.53. The molecule has 166 valence electrons. The maximum absolute atomic E-state index is 13.3. The Morgan fingerprint density at radius 2 is 1.59 bits per heavy atom. The fraction of sp³-hybridized carbons (Fsp3) is 0.423. The number of nitriles is 1. The molecule has 0 radical (unpaired) electrons. The molecule has 2 amide bonds. The molecule has 2 fully saturated rings. The van der Waals surface area contributed by atoms with Gasteiger partial charge >= 0.3 is 0 Å². The van der Waals surface area contributed by atoms with Crippen LogP contribution in [0.2, 0.25) is 0 Å². The van der Waals surface area contributed by atoms with Gasteiger partial charge < -0.3 is 14.7 Å². The zero-order valence-electron chi connectivity index (χ0n) is 18.7. The molecule has 2 saturated heterocycles. The lowest BCUT2D eigenvalue weighted by Crippen LogP contribution is -2.47. The van der Waals surface area contributed by atoms with Crippen LogP contribution in [0.3, 0.4) is 0 Å². The van der Waals surface area contributed by atoms with Gasteiger partial charge in [-0.05, 0) is 62.6 Å². The molecular formula is C26H30N4O2. The van der Waals surface area contributed by atoms with Gasteiger partial charge in [-0.3, -0.25) is 9.59 Å². The zero-order valence-corrected chi connectivity index (χ0v) is 18.7. The van der Waals surface area contributed by atoms with E-state index in [1.807, 2.05) is 65.3 Å². The van der Waals surface area contributed by atoms with E-state index >= 15 is 0 Å². The molecule has 1 atom stereocenters. The minimum absolute atomic E-state index is 0.0188. The van der Waals surface area contributed by atoms with Gasteiger partial charge in [0.2, 0.25) is 5.91 Å². The number of piperidine rings is 1. The van der Waals surface area contributed by atoms with E-state index in [4.69, 9.17) is 5.26 Å². The highest BCUT2D eigenvalue weighted by Crippen LogP contribution is 2.23. The second-order valence-corrected chi connectivity index (χ2v) is 8.78. The van der Waals surface area contributed by atoms with E-state index < -0.39 is 0 Å². The lowest BCUT2D eigenvalue weighted by molar-refractivity contribution is -0.136. The highest BCUT2D eigenvalue weighted by molar-refractivity contribution is 5.94. The van der Waals surface area contributed by atoms with Gasteiger partial charge in [-0.15, -0.1) is 0 Å². The lowest BCUT2D eigenvalue weighted by Gasteiger charge is -2.35. The first-order valence-corrected chi connectivity index (χ1v) is 11.4. The minimum atomic E-state index is -0.125. The number of aryl methyl sites for hydroxylation is 1. The summed E-state index contributed by atoms with van der Waals surface area (Å²) in [6.07, 6.45) is 2.61. The molecule has 2 aromatic carbocycles. The first-order valence-electron chi connectivity index (χ1n) is 11.4. The molecule has 0 saturated carbocycles. The fourth-order valence-electron chi connectivity index (χ4n) is 4.64. The van der Waals surface area contributed by atoms with Crippen LogP contribution in [0.4, 0.5) is 5.69 Å². The summed E-state index contributed by atoms with van der Waals surface area (Å²) >= 11 is 0. The number of hydrogen-bond acceptors (Lipinski definition) is 4. The Balaban J connectivity index is 1.36. The SMILES string of the molecule is Cc1ccc(C(=O)N2CCCC(C(=O)N3CCCN(c4ccc(C#N)cc4)CC3)C2)cc1. The van der Waals surface area contributed by atoms with Crippen molar-refractivity contribution in [2.45, 2.75) is 26.2 Å². The van der Waals surface area contributed by atoms with Gasteiger partial charge in [0.25, 0.3) is 5.91 Å². The van der Waals surface area contributed by atoms with Crippen LogP contribution in [-0.4, -0.2) is 60.9 Å². The van der Waals surface area contributed by atoms with Crippen molar-refractivity contribution in [1.29, 1.82) is 5.26 Å². The summed E-state index contributed by atoms with van der Waals surface area (Å²) in [5.41, 5.74) is 3.56. The summed E-state index contributed by atoms with van der Waals surface area (Å²) < 4.78 is 0. The van der Waals surface area contributed by atoms with Crippen LogP contribution in [0.1, 0.15) is 40.7 Å². The molecular weight excluding hydrogens is 400 g/mol. The van der Waals surface area contributed by atoms with Gasteiger partial charge in [-0.2, -0.15) is 5.26 Å². The highest BCUT2D eigenvalue weighted by atomic mass is 16.2. The summed E-state index contributed by atoms with van der Waals surface area (Å²) in [6, 6.07) is 17.4. The van der Waals surface area contributed by atoms with Gasteiger partial charge in [0, 0.05) is 50.5 Å². The van der Waals surface area contributed by atoms with E-state index in [9.17, 15) is 9.59 Å². The van der Waals surface area contributed by atoms with Crippen molar-refractivity contribution >= 4 is 17.5 Å². The van der Waals surface area contributed by atoms with Crippen molar-refractivity contribution in [2.24, 2.45) is 5.92 Å². The standard InChI is InChI=1S/C26H30N4O2/c1-20-5-9-22(10-6-20)25(31)30-13-2-4-23(19-30)26(32)29-15-3-14-28(16-17-29)24-11-7-21(18-27)8-12-24/h5-12,23H,2-4,13-17,19H2,1H3. The lowest BCUT2D eigenvalue weighted by atomic mass is 9.95. The Bertz CT molecular complexity index is 994. The van der Waals surface area contributed by atoms with E-state index in [-0.39, 0.29) is 17.7 Å². The van der Waals surface area contributed by atoms with Crippen LogP contribution in [0, 0.1) is 24.2 Å². The van der Waals surface area contributed by atoms with Crippen LogP contribution in [0.25, 0.3) is 0 Å². The molecule has 0 aromatic heterocycles. The molecule has 0 bridgehead atoms. The number of likely N-dealkylation sites (tertiary alicyclic amines) is 1. The van der Waals surface area contributed by atoms with Crippen molar-refractivity contribution in [3.05, 3.63) is 65.2 Å². The molecule has 2 aliphatic heterocycles. The van der Waals surface area contributed by atoms with E-state index in [0.717, 1.165) is 50.1 Å². The molecule has 6 nitrogen and oxygen atoms in total. The van der Waals surface area contributed by atoms with Crippen LogP contribution in [0.5, 0.6) is 0 Å². The Morgan fingerprint density at radius 1 is 0.875 bits per heavy atom. The van der Waals surface area contributed by atoms with Crippen molar-refractivity contribution in [2.75, 3.05) is 44.2 Å². The number of amides is 2. The third-order valence-corrected chi connectivity index (χ3v) is 6.53. The predicted octanol–water partition coefficient (Wildman–Crippen LogP) is 3.46. The van der Waals surface area contributed by atoms with Crippen molar-refractivity contribution in [3.8, 4) is 6.07 Å². The first-order chi connectivity index (χ1) is 15.5. The molecule has 0 spiro atoms. The normalized spacial score (nSPS) is 19.2. The number of anilines is 1. The van der Waals surface area contributed by atoms with E-state index in [0.29, 0.717) is 30.8 Å². The topological polar surface area (TPSA) is 67.7 Å². The Kier molecular flexibility index (Phi) is 6.75. The van der Waals surface area contributed by atoms with E-state index in [2.05, 4.69) is 11.0 Å². The quantitative estimate of drug-likeness (QED) is 0.748. The van der Waals surface area contributed by atoms with Crippen molar-refractivity contribution in [3.63, 3.8) is 0 Å². The summed E-state index contributed by atoms with van der Waals surface area (Å²) in [4.78, 5) is 32.4. The van der Waals surface area contributed by atoms with Gasteiger partial charge in [0.1, 0.15) is 0 Å². The molecule has 0 N–H and O–H groups in total. The number of nitrogens with zero attached hydrogens (tertiary/aromatic N) is 4. The van der Waals surface area contributed by atoms with Crippen molar-refractivity contribution < 1.29 is 9.59 Å². The Labute approximate surface area is 190 Å². The summed E-state index contributed by atoms with van der Waals surface area (Å²) in [5, 5.41) is 9.00. The van der Waals surface area contributed by atoms with Crippen LogP contribution in [-0.2, 0) is 4.79 Å². The average Bonchev–Trinajstić information content (AvgIpc) is 3.10. The van der Waals surface area contributed by atoms with Gasteiger partial charge in [0.05, 0.1) is 17.6 Å². The number of carbonyl (C=O) groups is 2. The molecule has 2 aromatic rings. The predicted molar refractivity (Wildman–Crippen MR) is 124 cm³/mol. The number of rotatable bonds is 3. The number of benzene rings is 2. The smallest absolute Gasteiger partial charge is 0.253 e. The van der Waals surface area contributed by atoms with Crippen LogP contribution >= 0.6 is 0 Å². The monoisotopic (exact) mass is 430 g/mol. The molecule has 6 heteroatoms. The van der Waals surface area contributed by atoms with Gasteiger partial charge in [-0.1, -0.05) is 17.7 Å². The summed E-state index contributed by atoms with van der Waals surface area (Å²) in [6.45, 7) is 6.31. The molecule has 0 aliphatic carbocycles. The van der Waals surface area contributed by atoms with Crippen molar-refractivity contribution in [1.82, 2.24) is 9.80 Å². The first kappa shape index (κ1) is 21.9. The maximum Gasteiger partial charge on any atom is 0.253 e. The second kappa shape index (κ2) is 9.86. The van der Waals surface area contributed by atoms with E-state index in [1.165, 1.54) is 0 Å². The highest BCUT2D eigenvalue weighted by Gasteiger charge is 2.32. The van der Waals surface area contributed by atoms with E-state index in [1.54, 1.807) is 0 Å². The summed E-state index contributed by atoms with van der Waals surface area (Å²) in [7, 11) is 0. The van der Waals surface area contributed by atoms with Crippen LogP contribution < -0.4 is 4.90 Å². The van der Waals surface area contributed by atoms with Gasteiger partial charge in [-0.25, -0.2) is 0 Å². The second-order valence-electron chi connectivity index (χ2n) is 8.78.